The Kier molecular flexibility index (Phi) is 5.64. The molecule has 100 valence electrons. The third-order valence-electron chi connectivity index (χ3n) is 3.53. The molecule has 0 aliphatic rings. The second-order valence-electron chi connectivity index (χ2n) is 4.91. The molecule has 0 fully saturated rings. The van der Waals surface area contributed by atoms with Crippen LogP contribution in [0.5, 0.6) is 0 Å². The van der Waals surface area contributed by atoms with Gasteiger partial charge in [-0.15, -0.1) is 0 Å². The van der Waals surface area contributed by atoms with Gasteiger partial charge in [-0.3, -0.25) is 0 Å². The summed E-state index contributed by atoms with van der Waals surface area (Å²) < 4.78 is 5.59. The molecule has 0 aromatic heterocycles. The lowest BCUT2D eigenvalue weighted by molar-refractivity contribution is 0.0885. The summed E-state index contributed by atoms with van der Waals surface area (Å²) in [6.45, 7) is 0. The molecular weight excluding hydrogens is 232 g/mol. The van der Waals surface area contributed by atoms with E-state index in [4.69, 9.17) is 4.74 Å². The molecule has 1 heteroatoms. The average molecular weight is 254 g/mol. The molecule has 0 spiro atoms. The fourth-order valence-corrected chi connectivity index (χ4v) is 2.32. The SMILES string of the molecule is COC(CCc1ccccc1)CCc1ccccc1. The van der Waals surface area contributed by atoms with Crippen LogP contribution in [0.4, 0.5) is 0 Å². The van der Waals surface area contributed by atoms with Gasteiger partial charge in [0.05, 0.1) is 6.10 Å². The molecule has 19 heavy (non-hydrogen) atoms. The molecule has 0 bridgehead atoms. The van der Waals surface area contributed by atoms with E-state index in [1.807, 2.05) is 7.11 Å². The van der Waals surface area contributed by atoms with E-state index in [0.29, 0.717) is 6.10 Å². The topological polar surface area (TPSA) is 9.23 Å². The van der Waals surface area contributed by atoms with Gasteiger partial charge in [-0.05, 0) is 36.8 Å². The maximum Gasteiger partial charge on any atom is 0.0577 e. The lowest BCUT2D eigenvalue weighted by Gasteiger charge is -2.15. The van der Waals surface area contributed by atoms with Crippen molar-refractivity contribution in [3.63, 3.8) is 0 Å². The van der Waals surface area contributed by atoms with Crippen LogP contribution in [0.1, 0.15) is 24.0 Å². The van der Waals surface area contributed by atoms with Crippen LogP contribution in [0.15, 0.2) is 60.7 Å². The quantitative estimate of drug-likeness (QED) is 0.717. The minimum atomic E-state index is 0.348. The summed E-state index contributed by atoms with van der Waals surface area (Å²) in [6, 6.07) is 21.3. The molecule has 0 aliphatic heterocycles. The Balaban J connectivity index is 1.77. The molecule has 1 nitrogen and oxygen atoms in total. The number of aryl methyl sites for hydroxylation is 2. The van der Waals surface area contributed by atoms with Gasteiger partial charge >= 0.3 is 0 Å². The first-order chi connectivity index (χ1) is 9.38. The van der Waals surface area contributed by atoms with E-state index >= 15 is 0 Å². The Hall–Kier alpha value is -1.60. The van der Waals surface area contributed by atoms with Crippen LogP contribution in [0.2, 0.25) is 0 Å². The third kappa shape index (κ3) is 4.88. The molecule has 0 atom stereocenters. The van der Waals surface area contributed by atoms with Crippen LogP contribution in [0.3, 0.4) is 0 Å². The van der Waals surface area contributed by atoms with Crippen molar-refractivity contribution in [3.05, 3.63) is 71.8 Å². The van der Waals surface area contributed by atoms with Crippen LogP contribution in [-0.4, -0.2) is 13.2 Å². The van der Waals surface area contributed by atoms with Gasteiger partial charge in [-0.2, -0.15) is 0 Å². The summed E-state index contributed by atoms with van der Waals surface area (Å²) in [5.74, 6) is 0. The normalized spacial score (nSPS) is 10.8. The van der Waals surface area contributed by atoms with E-state index < -0.39 is 0 Å². The van der Waals surface area contributed by atoms with Crippen molar-refractivity contribution < 1.29 is 4.74 Å². The summed E-state index contributed by atoms with van der Waals surface area (Å²) in [7, 11) is 1.82. The zero-order valence-corrected chi connectivity index (χ0v) is 11.6. The van der Waals surface area contributed by atoms with Gasteiger partial charge in [0.1, 0.15) is 0 Å². The van der Waals surface area contributed by atoms with Crippen molar-refractivity contribution in [2.75, 3.05) is 7.11 Å². The van der Waals surface area contributed by atoms with Crippen molar-refractivity contribution in [1.29, 1.82) is 0 Å². The highest BCUT2D eigenvalue weighted by Crippen LogP contribution is 2.13. The van der Waals surface area contributed by atoms with Crippen molar-refractivity contribution >= 4 is 0 Å². The van der Waals surface area contributed by atoms with Crippen molar-refractivity contribution in [2.24, 2.45) is 0 Å². The second-order valence-corrected chi connectivity index (χ2v) is 4.91. The first kappa shape index (κ1) is 13.8. The monoisotopic (exact) mass is 254 g/mol. The maximum atomic E-state index is 5.59. The highest BCUT2D eigenvalue weighted by molar-refractivity contribution is 5.16. The van der Waals surface area contributed by atoms with Crippen molar-refractivity contribution in [1.82, 2.24) is 0 Å². The molecule has 0 saturated heterocycles. The standard InChI is InChI=1S/C18H22O/c1-19-18(14-12-16-8-4-2-5-9-16)15-13-17-10-6-3-7-11-17/h2-11,18H,12-15H2,1H3. The molecule has 0 radical (unpaired) electrons. The van der Waals surface area contributed by atoms with E-state index in [9.17, 15) is 0 Å². The summed E-state index contributed by atoms with van der Waals surface area (Å²) in [5.41, 5.74) is 2.79. The third-order valence-corrected chi connectivity index (χ3v) is 3.53. The van der Waals surface area contributed by atoms with Crippen LogP contribution >= 0.6 is 0 Å². The molecule has 2 aromatic carbocycles. The minimum absolute atomic E-state index is 0.348. The van der Waals surface area contributed by atoms with E-state index in [2.05, 4.69) is 60.7 Å². The summed E-state index contributed by atoms with van der Waals surface area (Å²) >= 11 is 0. The summed E-state index contributed by atoms with van der Waals surface area (Å²) in [6.07, 6.45) is 4.71. The van der Waals surface area contributed by atoms with E-state index in [-0.39, 0.29) is 0 Å². The van der Waals surface area contributed by atoms with Crippen LogP contribution < -0.4 is 0 Å². The molecule has 0 saturated carbocycles. The summed E-state index contributed by atoms with van der Waals surface area (Å²) in [5, 5.41) is 0. The minimum Gasteiger partial charge on any atom is -0.381 e. The molecule has 2 aromatic rings. The van der Waals surface area contributed by atoms with E-state index in [1.165, 1.54) is 11.1 Å². The smallest absolute Gasteiger partial charge is 0.0577 e. The highest BCUT2D eigenvalue weighted by Gasteiger charge is 2.07. The van der Waals surface area contributed by atoms with Gasteiger partial charge in [0.15, 0.2) is 0 Å². The van der Waals surface area contributed by atoms with E-state index in [0.717, 1.165) is 25.7 Å². The summed E-state index contributed by atoms with van der Waals surface area (Å²) in [4.78, 5) is 0. The Bertz CT molecular complexity index is 406. The van der Waals surface area contributed by atoms with Gasteiger partial charge in [0.2, 0.25) is 0 Å². The first-order valence-electron chi connectivity index (χ1n) is 6.99. The molecular formula is C18H22O. The molecule has 0 aliphatic carbocycles. The number of hydrogen-bond acceptors (Lipinski definition) is 1. The Morgan fingerprint density at radius 2 is 1.16 bits per heavy atom. The van der Waals surface area contributed by atoms with Gasteiger partial charge in [-0.25, -0.2) is 0 Å². The second kappa shape index (κ2) is 7.75. The number of ether oxygens (including phenoxy) is 1. The fourth-order valence-electron chi connectivity index (χ4n) is 2.32. The number of rotatable bonds is 7. The Labute approximate surface area is 116 Å². The lowest BCUT2D eigenvalue weighted by atomic mass is 10.0. The largest absolute Gasteiger partial charge is 0.381 e. The Morgan fingerprint density at radius 1 is 0.737 bits per heavy atom. The van der Waals surface area contributed by atoms with Gasteiger partial charge in [0.25, 0.3) is 0 Å². The zero-order valence-electron chi connectivity index (χ0n) is 11.6. The predicted octanol–water partition coefficient (Wildman–Crippen LogP) is 4.27. The molecule has 0 amide bonds. The van der Waals surface area contributed by atoms with Crippen LogP contribution in [0, 0.1) is 0 Å². The Morgan fingerprint density at radius 3 is 1.53 bits per heavy atom. The molecule has 0 heterocycles. The van der Waals surface area contributed by atoms with Gasteiger partial charge in [0, 0.05) is 7.11 Å². The van der Waals surface area contributed by atoms with Gasteiger partial charge in [-0.1, -0.05) is 60.7 Å². The fraction of sp³-hybridized carbons (Fsp3) is 0.333. The van der Waals surface area contributed by atoms with Gasteiger partial charge < -0.3 is 4.74 Å². The van der Waals surface area contributed by atoms with Crippen LogP contribution in [0.25, 0.3) is 0 Å². The van der Waals surface area contributed by atoms with Crippen molar-refractivity contribution in [2.45, 2.75) is 31.8 Å². The molecule has 2 rings (SSSR count). The molecule has 0 unspecified atom stereocenters. The predicted molar refractivity (Wildman–Crippen MR) is 80.3 cm³/mol. The van der Waals surface area contributed by atoms with Crippen LogP contribution in [-0.2, 0) is 17.6 Å². The first-order valence-corrected chi connectivity index (χ1v) is 6.99. The number of methoxy groups -OCH3 is 1. The average Bonchev–Trinajstić information content (AvgIpc) is 2.49. The lowest BCUT2D eigenvalue weighted by Crippen LogP contribution is -2.13. The maximum absolute atomic E-state index is 5.59. The van der Waals surface area contributed by atoms with E-state index in [1.54, 1.807) is 0 Å². The number of hydrogen-bond donors (Lipinski definition) is 0. The van der Waals surface area contributed by atoms with Crippen molar-refractivity contribution in [3.8, 4) is 0 Å². The zero-order chi connectivity index (χ0) is 13.3. The highest BCUT2D eigenvalue weighted by atomic mass is 16.5. The molecule has 0 N–H and O–H groups in total. The number of benzene rings is 2.